The predicted octanol–water partition coefficient (Wildman–Crippen LogP) is 2.23. The SMILES string of the molecule is CN(C)C(=O)CNC(=O)CSc1nnc(Nc2cccc(Cl)c2)s1. The molecular weight excluding hydrogens is 370 g/mol. The largest absolute Gasteiger partial charge is 0.347 e. The van der Waals surface area contributed by atoms with Crippen LogP contribution in [0.2, 0.25) is 5.02 Å². The highest BCUT2D eigenvalue weighted by molar-refractivity contribution is 8.01. The molecule has 1 aromatic carbocycles. The standard InChI is InChI=1S/C14H16ClN5O2S2/c1-20(2)12(22)7-16-11(21)8-23-14-19-18-13(24-14)17-10-5-3-4-9(15)6-10/h3-6H,7-8H2,1-2H3,(H,16,21)(H,17,18). The summed E-state index contributed by atoms with van der Waals surface area (Å²) < 4.78 is 0.661. The molecule has 0 atom stereocenters. The molecule has 128 valence electrons. The zero-order chi connectivity index (χ0) is 17.5. The van der Waals surface area contributed by atoms with Crippen LogP contribution in [-0.4, -0.2) is 53.3 Å². The fourth-order valence-electron chi connectivity index (χ4n) is 1.52. The van der Waals surface area contributed by atoms with Crippen LogP contribution < -0.4 is 10.6 Å². The quantitative estimate of drug-likeness (QED) is 0.711. The van der Waals surface area contributed by atoms with Gasteiger partial charge in [0.15, 0.2) is 4.34 Å². The van der Waals surface area contributed by atoms with E-state index in [2.05, 4.69) is 20.8 Å². The van der Waals surface area contributed by atoms with Crippen LogP contribution >= 0.6 is 34.7 Å². The summed E-state index contributed by atoms with van der Waals surface area (Å²) in [6, 6.07) is 7.27. The number of benzene rings is 1. The van der Waals surface area contributed by atoms with Gasteiger partial charge in [-0.25, -0.2) is 0 Å². The molecule has 0 aliphatic rings. The number of carbonyl (C=O) groups excluding carboxylic acids is 2. The summed E-state index contributed by atoms with van der Waals surface area (Å²) in [7, 11) is 3.28. The highest BCUT2D eigenvalue weighted by atomic mass is 35.5. The van der Waals surface area contributed by atoms with Gasteiger partial charge in [-0.3, -0.25) is 9.59 Å². The van der Waals surface area contributed by atoms with Gasteiger partial charge in [-0.1, -0.05) is 40.8 Å². The number of thioether (sulfide) groups is 1. The number of nitrogens with zero attached hydrogens (tertiary/aromatic N) is 3. The van der Waals surface area contributed by atoms with Gasteiger partial charge in [0.1, 0.15) is 0 Å². The highest BCUT2D eigenvalue weighted by Crippen LogP contribution is 2.28. The smallest absolute Gasteiger partial charge is 0.241 e. The number of carbonyl (C=O) groups is 2. The first-order valence-corrected chi connectivity index (χ1v) is 9.08. The minimum Gasteiger partial charge on any atom is -0.347 e. The first-order valence-electron chi connectivity index (χ1n) is 6.90. The molecule has 0 aliphatic carbocycles. The molecular formula is C14H16ClN5O2S2. The monoisotopic (exact) mass is 385 g/mol. The zero-order valence-electron chi connectivity index (χ0n) is 13.1. The lowest BCUT2D eigenvalue weighted by molar-refractivity contribution is -0.130. The van der Waals surface area contributed by atoms with Gasteiger partial charge in [0, 0.05) is 24.8 Å². The Hall–Kier alpha value is -1.84. The number of amides is 2. The molecule has 1 aromatic heterocycles. The van der Waals surface area contributed by atoms with Gasteiger partial charge < -0.3 is 15.5 Å². The van der Waals surface area contributed by atoms with Gasteiger partial charge in [0.05, 0.1) is 12.3 Å². The van der Waals surface area contributed by atoms with Crippen molar-refractivity contribution in [1.29, 1.82) is 0 Å². The molecule has 24 heavy (non-hydrogen) atoms. The van der Waals surface area contributed by atoms with Crippen molar-refractivity contribution in [2.45, 2.75) is 4.34 Å². The molecule has 10 heteroatoms. The maximum Gasteiger partial charge on any atom is 0.241 e. The Balaban J connectivity index is 1.79. The summed E-state index contributed by atoms with van der Waals surface area (Å²) in [6.07, 6.45) is 0. The van der Waals surface area contributed by atoms with Gasteiger partial charge in [-0.2, -0.15) is 0 Å². The summed E-state index contributed by atoms with van der Waals surface area (Å²) >= 11 is 8.53. The molecule has 0 saturated heterocycles. The van der Waals surface area contributed by atoms with Crippen LogP contribution in [-0.2, 0) is 9.59 Å². The van der Waals surface area contributed by atoms with E-state index in [1.165, 1.54) is 28.0 Å². The van der Waals surface area contributed by atoms with Crippen molar-refractivity contribution in [1.82, 2.24) is 20.4 Å². The predicted molar refractivity (Wildman–Crippen MR) is 97.1 cm³/mol. The lowest BCUT2D eigenvalue weighted by atomic mass is 10.3. The third-order valence-electron chi connectivity index (χ3n) is 2.74. The Morgan fingerprint density at radius 3 is 2.83 bits per heavy atom. The third kappa shape index (κ3) is 5.99. The van der Waals surface area contributed by atoms with Crippen molar-refractivity contribution in [3.63, 3.8) is 0 Å². The molecule has 0 bridgehead atoms. The number of rotatable bonds is 7. The summed E-state index contributed by atoms with van der Waals surface area (Å²) in [4.78, 5) is 24.5. The van der Waals surface area contributed by atoms with Crippen molar-refractivity contribution >= 4 is 57.3 Å². The van der Waals surface area contributed by atoms with Crippen molar-refractivity contribution in [2.75, 3.05) is 31.7 Å². The third-order valence-corrected chi connectivity index (χ3v) is 4.95. The minimum atomic E-state index is -0.227. The Kier molecular flexibility index (Phi) is 6.83. The molecule has 0 fully saturated rings. The minimum absolute atomic E-state index is 0.00984. The van der Waals surface area contributed by atoms with Gasteiger partial charge in [0.2, 0.25) is 16.9 Å². The van der Waals surface area contributed by atoms with Gasteiger partial charge in [0.25, 0.3) is 0 Å². The molecule has 2 N–H and O–H groups in total. The van der Waals surface area contributed by atoms with Crippen molar-refractivity contribution in [3.05, 3.63) is 29.3 Å². The molecule has 0 saturated carbocycles. The van der Waals surface area contributed by atoms with E-state index in [-0.39, 0.29) is 24.1 Å². The molecule has 2 aromatic rings. The Bertz CT molecular complexity index is 723. The number of likely N-dealkylation sites (N-methyl/N-ethyl adjacent to an activating group) is 1. The molecule has 2 rings (SSSR count). The number of hydrogen-bond donors (Lipinski definition) is 2. The molecule has 0 aliphatic heterocycles. The fourth-order valence-corrected chi connectivity index (χ4v) is 3.31. The summed E-state index contributed by atoms with van der Waals surface area (Å²) in [5.41, 5.74) is 0.815. The zero-order valence-corrected chi connectivity index (χ0v) is 15.5. The number of nitrogens with one attached hydrogen (secondary N) is 2. The van der Waals surface area contributed by atoms with Crippen LogP contribution in [0.1, 0.15) is 0 Å². The van der Waals surface area contributed by atoms with Crippen LogP contribution in [0.15, 0.2) is 28.6 Å². The molecule has 7 nitrogen and oxygen atoms in total. The average Bonchev–Trinajstić information content (AvgIpc) is 2.98. The fraction of sp³-hybridized carbons (Fsp3) is 0.286. The maximum atomic E-state index is 11.7. The topological polar surface area (TPSA) is 87.2 Å². The van der Waals surface area contributed by atoms with Gasteiger partial charge >= 0.3 is 0 Å². The van der Waals surface area contributed by atoms with Gasteiger partial charge in [-0.15, -0.1) is 10.2 Å². The van der Waals surface area contributed by atoms with E-state index >= 15 is 0 Å². The number of hydrogen-bond acceptors (Lipinski definition) is 7. The first kappa shape index (κ1) is 18.5. The molecule has 0 unspecified atom stereocenters. The van der Waals surface area contributed by atoms with E-state index in [1.807, 2.05) is 12.1 Å². The van der Waals surface area contributed by atoms with Crippen LogP contribution in [0, 0.1) is 0 Å². The molecule has 2 amide bonds. The average molecular weight is 386 g/mol. The van der Waals surface area contributed by atoms with Crippen LogP contribution in [0.3, 0.4) is 0 Å². The second-order valence-corrected chi connectivity index (χ2v) is 7.50. The van der Waals surface area contributed by atoms with E-state index in [0.717, 1.165) is 5.69 Å². The summed E-state index contributed by atoms with van der Waals surface area (Å²) in [5.74, 6) is -0.209. The Labute approximate surface area is 152 Å². The van der Waals surface area contributed by atoms with E-state index in [1.54, 1.807) is 26.2 Å². The van der Waals surface area contributed by atoms with E-state index in [4.69, 9.17) is 11.6 Å². The van der Waals surface area contributed by atoms with Crippen molar-refractivity contribution in [2.24, 2.45) is 0 Å². The van der Waals surface area contributed by atoms with E-state index in [9.17, 15) is 9.59 Å². The lowest BCUT2D eigenvalue weighted by Gasteiger charge is -2.10. The lowest BCUT2D eigenvalue weighted by Crippen LogP contribution is -2.36. The highest BCUT2D eigenvalue weighted by Gasteiger charge is 2.10. The van der Waals surface area contributed by atoms with Crippen LogP contribution in [0.25, 0.3) is 0 Å². The molecule has 1 heterocycles. The van der Waals surface area contributed by atoms with Crippen molar-refractivity contribution < 1.29 is 9.59 Å². The first-order chi connectivity index (χ1) is 11.4. The van der Waals surface area contributed by atoms with Crippen molar-refractivity contribution in [3.8, 4) is 0 Å². The number of halogens is 1. The number of aromatic nitrogens is 2. The van der Waals surface area contributed by atoms with E-state index < -0.39 is 0 Å². The van der Waals surface area contributed by atoms with Crippen LogP contribution in [0.4, 0.5) is 10.8 Å². The second kappa shape index (κ2) is 8.86. The maximum absolute atomic E-state index is 11.7. The molecule has 0 spiro atoms. The summed E-state index contributed by atoms with van der Waals surface area (Å²) in [6.45, 7) is -0.00984. The number of anilines is 2. The van der Waals surface area contributed by atoms with Gasteiger partial charge in [-0.05, 0) is 18.2 Å². The summed E-state index contributed by atoms with van der Waals surface area (Å²) in [5, 5.41) is 14.9. The van der Waals surface area contributed by atoms with E-state index in [0.29, 0.717) is 14.5 Å². The Morgan fingerprint density at radius 2 is 2.12 bits per heavy atom. The second-order valence-electron chi connectivity index (χ2n) is 4.86. The Morgan fingerprint density at radius 1 is 1.33 bits per heavy atom. The molecule has 0 radical (unpaired) electrons. The normalized spacial score (nSPS) is 10.3. The van der Waals surface area contributed by atoms with Crippen LogP contribution in [0.5, 0.6) is 0 Å².